The number of aliphatic imine (C=N–C) groups is 2. The van der Waals surface area contributed by atoms with E-state index in [4.69, 9.17) is 46.1 Å². The second kappa shape index (κ2) is 24.5. The number of unbranched alkanes of at least 4 members (excludes halogenated alkanes) is 1. The average Bonchev–Trinajstić information content (AvgIpc) is 4.29. The monoisotopic (exact) mass is 1060 g/mol. The summed E-state index contributed by atoms with van der Waals surface area (Å²) in [5.41, 5.74) is 14.2. The number of anilines is 4. The smallest absolute Gasteiger partial charge is 0.228 e. The first-order valence-corrected chi connectivity index (χ1v) is 27.4. The molecule has 0 aliphatic heterocycles. The second-order valence-electron chi connectivity index (χ2n) is 21.3. The van der Waals surface area contributed by atoms with Gasteiger partial charge in [-0.1, -0.05) is 62.4 Å². The summed E-state index contributed by atoms with van der Waals surface area (Å²) in [4.78, 5) is 33.2. The topological polar surface area (TPSA) is 226 Å². The summed E-state index contributed by atoms with van der Waals surface area (Å²) in [5.74, 6) is 2.46. The molecule has 20 nitrogen and oxygen atoms in total. The van der Waals surface area contributed by atoms with Gasteiger partial charge in [-0.3, -0.25) is 28.7 Å². The predicted molar refractivity (Wildman–Crippen MR) is 315 cm³/mol. The van der Waals surface area contributed by atoms with Crippen molar-refractivity contribution in [3.05, 3.63) is 119 Å². The summed E-state index contributed by atoms with van der Waals surface area (Å²) >= 11 is 0. The van der Waals surface area contributed by atoms with Gasteiger partial charge in [0.15, 0.2) is 11.6 Å². The van der Waals surface area contributed by atoms with Crippen LogP contribution in [-0.2, 0) is 52.9 Å². The molecular formula is C59H72N20. The molecule has 79 heavy (non-hydrogen) atoms. The molecule has 0 amide bonds. The maximum absolute atomic E-state index is 8.26. The van der Waals surface area contributed by atoms with E-state index in [2.05, 4.69) is 119 Å². The number of rotatable bonds is 25. The van der Waals surface area contributed by atoms with Gasteiger partial charge in [0.25, 0.3) is 0 Å². The molecule has 0 saturated heterocycles. The van der Waals surface area contributed by atoms with Crippen molar-refractivity contribution in [1.82, 2.24) is 68.9 Å². The van der Waals surface area contributed by atoms with Crippen molar-refractivity contribution < 1.29 is 0 Å². The van der Waals surface area contributed by atoms with Crippen molar-refractivity contribution in [3.8, 4) is 45.0 Å². The number of aromatic nitrogens is 12. The number of fused-ring (bicyclic) bond motifs is 6. The van der Waals surface area contributed by atoms with Crippen LogP contribution in [0.4, 0.5) is 23.5 Å². The molecule has 2 aromatic carbocycles. The Balaban J connectivity index is 0.692. The molecule has 0 spiro atoms. The second-order valence-corrected chi connectivity index (χ2v) is 21.3. The molecule has 0 radical (unpaired) electrons. The Morgan fingerprint density at radius 2 is 1.10 bits per heavy atom. The standard InChI is InChI=1S/C59H72N20/c1-39(2)34-63-36-47(33-61)41-12-16-43(17-13-41)57-53-49(71-77(57)7)21-19-45-38-65-59(69-55(45)53)67-51-23-27-79(73-51)31-29-75(5)25-9-8-24-62-35-46(32-60)40-10-14-42(15-11-40)56-52-48(70-76(56)6)20-18-44-37-64-58(68-54(44)52)66-50-22-26-78(72-50)30-28-74(3)4/h10-17,22-23,26-27,32-33,35-39,46-47,60-61H,8-9,18-21,24-25,28-31,34H2,1-7H3,(H,64,66,68,72)(H,65,67,69,73). The van der Waals surface area contributed by atoms with Crippen molar-refractivity contribution in [1.29, 1.82) is 10.8 Å². The van der Waals surface area contributed by atoms with E-state index in [0.717, 1.165) is 156 Å². The number of hydrogen-bond donors (Lipinski definition) is 4. The number of nitrogens with zero attached hydrogens (tertiary/aromatic N) is 16. The number of nitrogens with one attached hydrogen (secondary N) is 4. The number of aryl methyl sites for hydroxylation is 6. The summed E-state index contributed by atoms with van der Waals surface area (Å²) in [5, 5.41) is 42.3. The molecule has 8 aromatic rings. The van der Waals surface area contributed by atoms with Gasteiger partial charge in [0, 0.05) is 124 Å². The molecule has 0 bridgehead atoms. The van der Waals surface area contributed by atoms with E-state index >= 15 is 0 Å². The van der Waals surface area contributed by atoms with Crippen molar-refractivity contribution in [2.24, 2.45) is 30.0 Å². The molecule has 10 rings (SSSR count). The number of benzene rings is 2. The molecule has 408 valence electrons. The van der Waals surface area contributed by atoms with E-state index in [-0.39, 0.29) is 11.8 Å². The number of likely N-dealkylation sites (N-methyl/N-ethyl adjacent to an activating group) is 2. The van der Waals surface area contributed by atoms with Crippen LogP contribution in [0.15, 0.2) is 95.4 Å². The lowest BCUT2D eigenvalue weighted by Gasteiger charge is -2.17. The van der Waals surface area contributed by atoms with Gasteiger partial charge in [0.05, 0.1) is 59.1 Å². The van der Waals surface area contributed by atoms with Gasteiger partial charge in [-0.05, 0) is 94.4 Å². The fraction of sp³-hybridized carbons (Fsp3) is 0.390. The summed E-state index contributed by atoms with van der Waals surface area (Å²) in [6.07, 6.45) is 19.7. The Labute approximate surface area is 462 Å². The van der Waals surface area contributed by atoms with Crippen LogP contribution < -0.4 is 10.6 Å². The highest BCUT2D eigenvalue weighted by atomic mass is 15.3. The molecule has 2 aliphatic rings. The minimum atomic E-state index is -0.220. The largest absolute Gasteiger partial charge is 0.312 e. The molecule has 2 atom stereocenters. The minimum absolute atomic E-state index is 0.168. The predicted octanol–water partition coefficient (Wildman–Crippen LogP) is 8.72. The van der Waals surface area contributed by atoms with Gasteiger partial charge in [-0.25, -0.2) is 19.9 Å². The molecule has 6 heterocycles. The lowest BCUT2D eigenvalue weighted by Crippen LogP contribution is -2.24. The SMILES string of the molecule is CC(C)CN=CC(C=N)c1ccc(-c2c3c(nn2C)CCc2cnc(Nc4ccn(CCN(C)CCCCN=CC(C=N)c5ccc(-c6c7c(nn6C)CCc6cnc(Nc8ccn(CCN(C)C)n8)nc6-7)cc5)n4)nc2-3)cc1. The highest BCUT2D eigenvalue weighted by Crippen LogP contribution is 2.41. The Morgan fingerprint density at radius 3 is 1.58 bits per heavy atom. The van der Waals surface area contributed by atoms with Crippen molar-refractivity contribution in [3.63, 3.8) is 0 Å². The first-order chi connectivity index (χ1) is 38.4. The molecule has 4 N–H and O–H groups in total. The highest BCUT2D eigenvalue weighted by Gasteiger charge is 2.29. The van der Waals surface area contributed by atoms with Crippen LogP contribution in [0.1, 0.15) is 72.2 Å². The Hall–Kier alpha value is -8.36. The molecule has 0 fully saturated rings. The van der Waals surface area contributed by atoms with Crippen LogP contribution in [0.25, 0.3) is 45.0 Å². The fourth-order valence-corrected chi connectivity index (χ4v) is 10.3. The Bertz CT molecular complexity index is 3450. The van der Waals surface area contributed by atoms with E-state index < -0.39 is 0 Å². The van der Waals surface area contributed by atoms with E-state index in [0.29, 0.717) is 36.0 Å². The van der Waals surface area contributed by atoms with Crippen LogP contribution in [-0.4, -0.2) is 148 Å². The van der Waals surface area contributed by atoms with Crippen LogP contribution >= 0.6 is 0 Å². The van der Waals surface area contributed by atoms with Crippen molar-refractivity contribution in [2.75, 3.05) is 64.5 Å². The van der Waals surface area contributed by atoms with Crippen LogP contribution in [0.2, 0.25) is 0 Å². The molecule has 2 aliphatic carbocycles. The van der Waals surface area contributed by atoms with Gasteiger partial charge in [0.1, 0.15) is 0 Å². The first-order valence-electron chi connectivity index (χ1n) is 27.4. The van der Waals surface area contributed by atoms with Crippen LogP contribution in [0.3, 0.4) is 0 Å². The van der Waals surface area contributed by atoms with Crippen LogP contribution in [0, 0.1) is 16.7 Å². The quantitative estimate of drug-likeness (QED) is 0.0311. The Morgan fingerprint density at radius 1 is 0.608 bits per heavy atom. The summed E-state index contributed by atoms with van der Waals surface area (Å²) in [6, 6.07) is 20.7. The van der Waals surface area contributed by atoms with Gasteiger partial charge < -0.3 is 31.3 Å². The molecule has 2 unspecified atom stereocenters. The van der Waals surface area contributed by atoms with E-state index in [9.17, 15) is 0 Å². The zero-order chi connectivity index (χ0) is 55.0. The third kappa shape index (κ3) is 12.7. The maximum Gasteiger partial charge on any atom is 0.228 e. The van der Waals surface area contributed by atoms with E-state index in [1.54, 1.807) is 0 Å². The van der Waals surface area contributed by atoms with E-state index in [1.807, 2.05) is 82.2 Å². The van der Waals surface area contributed by atoms with Crippen molar-refractivity contribution in [2.45, 2.75) is 77.3 Å². The normalized spacial score (nSPS) is 13.7. The highest BCUT2D eigenvalue weighted by molar-refractivity contribution is 5.91. The maximum atomic E-state index is 8.26. The van der Waals surface area contributed by atoms with Crippen LogP contribution in [0.5, 0.6) is 0 Å². The van der Waals surface area contributed by atoms with E-state index in [1.165, 1.54) is 12.4 Å². The minimum Gasteiger partial charge on any atom is -0.312 e. The lowest BCUT2D eigenvalue weighted by molar-refractivity contribution is 0.306. The fourth-order valence-electron chi connectivity index (χ4n) is 10.3. The van der Waals surface area contributed by atoms with Crippen molar-refractivity contribution >= 4 is 48.4 Å². The van der Waals surface area contributed by atoms with Gasteiger partial charge >= 0.3 is 0 Å². The molecule has 6 aromatic heterocycles. The van der Waals surface area contributed by atoms with Gasteiger partial charge in [0.2, 0.25) is 11.9 Å². The van der Waals surface area contributed by atoms with Gasteiger partial charge in [-0.2, -0.15) is 20.4 Å². The first kappa shape index (κ1) is 54.0. The molecule has 0 saturated carbocycles. The number of hydrogen-bond acceptors (Lipinski definition) is 16. The third-order valence-electron chi connectivity index (χ3n) is 14.5. The molecular weight excluding hydrogens is 989 g/mol. The summed E-state index contributed by atoms with van der Waals surface area (Å²) < 4.78 is 7.78. The molecule has 20 heteroatoms. The summed E-state index contributed by atoms with van der Waals surface area (Å²) in [6.45, 7) is 9.94. The Kier molecular flexibility index (Phi) is 16.8. The zero-order valence-electron chi connectivity index (χ0n) is 46.5. The summed E-state index contributed by atoms with van der Waals surface area (Å²) in [7, 11) is 10.2. The zero-order valence-corrected chi connectivity index (χ0v) is 46.5. The van der Waals surface area contributed by atoms with Gasteiger partial charge in [-0.15, -0.1) is 0 Å². The average molecular weight is 1060 g/mol. The lowest BCUT2D eigenvalue weighted by atomic mass is 9.91. The third-order valence-corrected chi connectivity index (χ3v) is 14.5.